The fourth-order valence-corrected chi connectivity index (χ4v) is 4.66. The summed E-state index contributed by atoms with van der Waals surface area (Å²) in [6.45, 7) is 0.377. The van der Waals surface area contributed by atoms with Crippen molar-refractivity contribution < 1.29 is 18.9 Å². The summed E-state index contributed by atoms with van der Waals surface area (Å²) >= 11 is 1.43. The zero-order valence-electron chi connectivity index (χ0n) is 15.3. The van der Waals surface area contributed by atoms with Crippen LogP contribution < -0.4 is 5.73 Å². The molecule has 0 radical (unpaired) electrons. The number of pyridine rings is 1. The molecular weight excluding hydrogens is 378 g/mol. The van der Waals surface area contributed by atoms with E-state index in [1.807, 2.05) is 30.3 Å². The number of rotatable bonds is 4. The SMILES string of the molecule is COC1C(Sc2cncc(C#N)c2)OC2COC(c3ccccc3)OC2C1N. The fourth-order valence-electron chi connectivity index (χ4n) is 3.45. The van der Waals surface area contributed by atoms with E-state index in [2.05, 4.69) is 11.1 Å². The highest BCUT2D eigenvalue weighted by atomic mass is 32.2. The maximum absolute atomic E-state index is 9.07. The zero-order chi connectivity index (χ0) is 19.5. The number of hydrogen-bond acceptors (Lipinski definition) is 8. The number of nitrogens with zero attached hydrogens (tertiary/aromatic N) is 2. The van der Waals surface area contributed by atoms with Crippen molar-refractivity contribution >= 4 is 11.8 Å². The number of nitriles is 1. The quantitative estimate of drug-likeness (QED) is 0.835. The molecule has 2 saturated heterocycles. The first-order valence-corrected chi connectivity index (χ1v) is 9.85. The molecule has 2 N–H and O–H groups in total. The number of thioether (sulfide) groups is 1. The fraction of sp³-hybridized carbons (Fsp3) is 0.400. The lowest BCUT2D eigenvalue weighted by molar-refractivity contribution is -0.298. The molecule has 6 atom stereocenters. The summed E-state index contributed by atoms with van der Waals surface area (Å²) in [4.78, 5) is 4.91. The second kappa shape index (κ2) is 8.57. The summed E-state index contributed by atoms with van der Waals surface area (Å²) in [5, 5.41) is 9.07. The van der Waals surface area contributed by atoms with Gasteiger partial charge in [0.05, 0.1) is 18.2 Å². The van der Waals surface area contributed by atoms with E-state index in [0.717, 1.165) is 10.5 Å². The normalized spacial score (nSPS) is 32.3. The van der Waals surface area contributed by atoms with Gasteiger partial charge in [0.2, 0.25) is 0 Å². The topological polar surface area (TPSA) is 99.6 Å². The second-order valence-corrected chi connectivity index (χ2v) is 7.81. The van der Waals surface area contributed by atoms with Crippen LogP contribution in [0.5, 0.6) is 0 Å². The van der Waals surface area contributed by atoms with Crippen molar-refractivity contribution in [2.45, 2.75) is 41.0 Å². The molecule has 3 heterocycles. The molecule has 146 valence electrons. The molecule has 0 saturated carbocycles. The van der Waals surface area contributed by atoms with Gasteiger partial charge in [0.25, 0.3) is 0 Å². The van der Waals surface area contributed by atoms with Gasteiger partial charge in [-0.1, -0.05) is 42.1 Å². The zero-order valence-corrected chi connectivity index (χ0v) is 16.1. The Hall–Kier alpha value is -1.99. The number of hydrogen-bond donors (Lipinski definition) is 1. The van der Waals surface area contributed by atoms with Crippen LogP contribution in [0.1, 0.15) is 17.4 Å². The average Bonchev–Trinajstić information content (AvgIpc) is 2.74. The Labute approximate surface area is 167 Å². The van der Waals surface area contributed by atoms with Crippen LogP contribution in [-0.4, -0.2) is 48.5 Å². The number of nitrogens with two attached hydrogens (primary N) is 1. The Morgan fingerprint density at radius 3 is 2.82 bits per heavy atom. The third kappa shape index (κ3) is 3.91. The smallest absolute Gasteiger partial charge is 0.184 e. The highest BCUT2D eigenvalue weighted by Crippen LogP contribution is 2.39. The van der Waals surface area contributed by atoms with Crippen LogP contribution in [0.3, 0.4) is 0 Å². The molecule has 28 heavy (non-hydrogen) atoms. The van der Waals surface area contributed by atoms with E-state index < -0.39 is 6.29 Å². The van der Waals surface area contributed by atoms with Crippen molar-refractivity contribution in [1.29, 1.82) is 5.26 Å². The molecule has 6 unspecified atom stereocenters. The largest absolute Gasteiger partial charge is 0.376 e. The van der Waals surface area contributed by atoms with Gasteiger partial charge in [-0.25, -0.2) is 0 Å². The molecular formula is C20H21N3O4S. The van der Waals surface area contributed by atoms with Gasteiger partial charge in [-0.05, 0) is 6.07 Å². The Morgan fingerprint density at radius 1 is 1.25 bits per heavy atom. The predicted octanol–water partition coefficient (Wildman–Crippen LogP) is 2.23. The lowest BCUT2D eigenvalue weighted by Gasteiger charge is -2.47. The summed E-state index contributed by atoms with van der Waals surface area (Å²) < 4.78 is 23.9. The minimum absolute atomic E-state index is 0.300. The van der Waals surface area contributed by atoms with E-state index in [-0.39, 0.29) is 29.8 Å². The van der Waals surface area contributed by atoms with Crippen molar-refractivity contribution in [3.05, 3.63) is 59.9 Å². The van der Waals surface area contributed by atoms with Crippen molar-refractivity contribution in [1.82, 2.24) is 4.98 Å². The summed E-state index contributed by atoms with van der Waals surface area (Å²) in [5.41, 5.74) is 7.59. The highest BCUT2D eigenvalue weighted by molar-refractivity contribution is 7.99. The number of benzene rings is 1. The molecule has 4 rings (SSSR count). The van der Waals surface area contributed by atoms with Crippen LogP contribution in [0, 0.1) is 11.3 Å². The second-order valence-electron chi connectivity index (χ2n) is 6.64. The van der Waals surface area contributed by atoms with Crippen molar-refractivity contribution in [2.75, 3.05) is 13.7 Å². The predicted molar refractivity (Wildman–Crippen MR) is 102 cm³/mol. The van der Waals surface area contributed by atoms with Gasteiger partial charge in [-0.15, -0.1) is 0 Å². The van der Waals surface area contributed by atoms with E-state index in [0.29, 0.717) is 12.2 Å². The molecule has 7 nitrogen and oxygen atoms in total. The first-order chi connectivity index (χ1) is 13.7. The van der Waals surface area contributed by atoms with E-state index in [4.69, 9.17) is 29.9 Å². The summed E-state index contributed by atoms with van der Waals surface area (Å²) in [7, 11) is 1.61. The third-order valence-electron chi connectivity index (χ3n) is 4.83. The van der Waals surface area contributed by atoms with Gasteiger partial charge in [0, 0.05) is 30.0 Å². The van der Waals surface area contributed by atoms with Crippen molar-refractivity contribution in [3.8, 4) is 6.07 Å². The van der Waals surface area contributed by atoms with Crippen LogP contribution in [0.15, 0.2) is 53.7 Å². The first-order valence-electron chi connectivity index (χ1n) is 8.97. The molecule has 8 heteroatoms. The third-order valence-corrected chi connectivity index (χ3v) is 5.94. The van der Waals surface area contributed by atoms with Crippen LogP contribution in [0.4, 0.5) is 0 Å². The minimum Gasteiger partial charge on any atom is -0.376 e. The van der Waals surface area contributed by atoms with Crippen LogP contribution in [0.2, 0.25) is 0 Å². The van der Waals surface area contributed by atoms with Gasteiger partial charge in [0.1, 0.15) is 29.8 Å². The van der Waals surface area contributed by atoms with Crippen LogP contribution in [0.25, 0.3) is 0 Å². The van der Waals surface area contributed by atoms with Crippen molar-refractivity contribution in [3.63, 3.8) is 0 Å². The Balaban J connectivity index is 1.50. The summed E-state index contributed by atoms with van der Waals surface area (Å²) in [6, 6.07) is 13.2. The summed E-state index contributed by atoms with van der Waals surface area (Å²) in [6.07, 6.45) is 1.71. The minimum atomic E-state index is -0.477. The first kappa shape index (κ1) is 19.3. The molecule has 0 amide bonds. The monoisotopic (exact) mass is 399 g/mol. The number of ether oxygens (including phenoxy) is 4. The molecule has 0 aliphatic carbocycles. The van der Waals surface area contributed by atoms with Crippen LogP contribution >= 0.6 is 11.8 Å². The maximum atomic E-state index is 9.07. The molecule has 0 bridgehead atoms. The molecule has 2 aliphatic heterocycles. The number of fused-ring (bicyclic) bond motifs is 1. The molecule has 2 aromatic rings. The average molecular weight is 399 g/mol. The van der Waals surface area contributed by atoms with Crippen molar-refractivity contribution in [2.24, 2.45) is 5.73 Å². The van der Waals surface area contributed by atoms with Gasteiger partial charge < -0.3 is 24.7 Å². The molecule has 2 aliphatic rings. The number of methoxy groups -OCH3 is 1. The molecule has 0 spiro atoms. The molecule has 2 fully saturated rings. The van der Waals surface area contributed by atoms with Crippen LogP contribution in [-0.2, 0) is 18.9 Å². The Bertz CT molecular complexity index is 847. The standard InChI is InChI=1S/C20H21N3O4S/c1-24-18-16(22)17-15(11-25-19(27-17)13-5-3-2-4-6-13)26-20(18)28-14-7-12(8-21)9-23-10-14/h2-7,9-10,15-20H,11,22H2,1H3. The Morgan fingerprint density at radius 2 is 2.07 bits per heavy atom. The summed E-state index contributed by atoms with van der Waals surface area (Å²) in [5.74, 6) is 0. The van der Waals surface area contributed by atoms with Gasteiger partial charge in [-0.2, -0.15) is 5.26 Å². The lowest BCUT2D eigenvalue weighted by Crippen LogP contribution is -2.64. The van der Waals surface area contributed by atoms with E-state index in [1.165, 1.54) is 18.0 Å². The van der Waals surface area contributed by atoms with Gasteiger partial charge in [0.15, 0.2) is 6.29 Å². The van der Waals surface area contributed by atoms with E-state index >= 15 is 0 Å². The van der Waals surface area contributed by atoms with E-state index in [9.17, 15) is 0 Å². The molecule has 1 aromatic heterocycles. The van der Waals surface area contributed by atoms with E-state index in [1.54, 1.807) is 19.4 Å². The van der Waals surface area contributed by atoms with Gasteiger partial charge in [-0.3, -0.25) is 4.98 Å². The van der Waals surface area contributed by atoms with Gasteiger partial charge >= 0.3 is 0 Å². The molecule has 1 aromatic carbocycles. The maximum Gasteiger partial charge on any atom is 0.184 e. The lowest BCUT2D eigenvalue weighted by atomic mass is 9.97. The highest BCUT2D eigenvalue weighted by Gasteiger charge is 2.49. The Kier molecular flexibility index (Phi) is 5.92. The number of aromatic nitrogens is 1.